The number of rotatable bonds is 5. The molecule has 0 saturated heterocycles. The van der Waals surface area contributed by atoms with Gasteiger partial charge in [-0.15, -0.1) is 0 Å². The fourth-order valence-corrected chi connectivity index (χ4v) is 3.34. The number of hydrogen-bond acceptors (Lipinski definition) is 3. The first-order valence-electron chi connectivity index (χ1n) is 5.14. The lowest BCUT2D eigenvalue weighted by molar-refractivity contribution is 0.204. The molecule has 0 bridgehead atoms. The number of sulfonamides is 1. The Morgan fingerprint density at radius 1 is 1.29 bits per heavy atom. The summed E-state index contributed by atoms with van der Waals surface area (Å²) in [7, 11) is -1.52. The maximum Gasteiger partial charge on any atom is 0.214 e. The first-order chi connectivity index (χ1) is 6.67. The van der Waals surface area contributed by atoms with Crippen LogP contribution in [0, 0.1) is 0 Å². The van der Waals surface area contributed by atoms with E-state index in [1.165, 1.54) is 6.42 Å². The average Bonchev–Trinajstić information content (AvgIpc) is 2.19. The lowest BCUT2D eigenvalue weighted by atomic mass is 10.0. The topological polar surface area (TPSA) is 55.4 Å². The van der Waals surface area contributed by atoms with E-state index < -0.39 is 10.0 Å². The zero-order valence-corrected chi connectivity index (χ0v) is 9.48. The van der Waals surface area contributed by atoms with Crippen LogP contribution in [-0.2, 0) is 14.8 Å². The molecular formula is C9H19NO3S. The second-order valence-electron chi connectivity index (χ2n) is 3.69. The summed E-state index contributed by atoms with van der Waals surface area (Å²) >= 11 is 0. The maximum atomic E-state index is 11.7. The smallest absolute Gasteiger partial charge is 0.214 e. The molecule has 0 heterocycles. The van der Waals surface area contributed by atoms with Gasteiger partial charge in [-0.25, -0.2) is 13.1 Å². The van der Waals surface area contributed by atoms with Crippen molar-refractivity contribution >= 4 is 10.0 Å². The fraction of sp³-hybridized carbons (Fsp3) is 1.00. The van der Waals surface area contributed by atoms with Crippen molar-refractivity contribution in [1.82, 2.24) is 4.72 Å². The van der Waals surface area contributed by atoms with E-state index in [-0.39, 0.29) is 5.25 Å². The molecule has 0 unspecified atom stereocenters. The van der Waals surface area contributed by atoms with Gasteiger partial charge >= 0.3 is 0 Å². The van der Waals surface area contributed by atoms with Gasteiger partial charge in [-0.3, -0.25) is 0 Å². The van der Waals surface area contributed by atoms with Crippen LogP contribution in [0.15, 0.2) is 0 Å². The third-order valence-corrected chi connectivity index (χ3v) is 4.56. The van der Waals surface area contributed by atoms with Gasteiger partial charge in [-0.1, -0.05) is 19.3 Å². The van der Waals surface area contributed by atoms with Crippen molar-refractivity contribution in [3.8, 4) is 0 Å². The largest absolute Gasteiger partial charge is 0.383 e. The Bertz CT molecular complexity index is 245. The van der Waals surface area contributed by atoms with Gasteiger partial charge in [0.1, 0.15) is 0 Å². The third-order valence-electron chi connectivity index (χ3n) is 2.60. The van der Waals surface area contributed by atoms with Gasteiger partial charge in [-0.2, -0.15) is 0 Å². The summed E-state index contributed by atoms with van der Waals surface area (Å²) in [6, 6.07) is 0. The molecule has 1 aliphatic carbocycles. The van der Waals surface area contributed by atoms with E-state index in [0.29, 0.717) is 13.2 Å². The first-order valence-corrected chi connectivity index (χ1v) is 6.69. The Labute approximate surface area is 86.1 Å². The molecule has 0 aliphatic heterocycles. The SMILES string of the molecule is COCCNS(=O)(=O)C1CCCCC1. The van der Waals surface area contributed by atoms with Crippen molar-refractivity contribution in [1.29, 1.82) is 0 Å². The van der Waals surface area contributed by atoms with E-state index in [2.05, 4.69) is 4.72 Å². The zero-order valence-electron chi connectivity index (χ0n) is 8.66. The average molecular weight is 221 g/mol. The summed E-state index contributed by atoms with van der Waals surface area (Å²) in [5, 5.41) is -0.173. The molecule has 1 rings (SSSR count). The Morgan fingerprint density at radius 2 is 1.93 bits per heavy atom. The van der Waals surface area contributed by atoms with Crippen LogP contribution in [0.5, 0.6) is 0 Å². The van der Waals surface area contributed by atoms with Crippen molar-refractivity contribution < 1.29 is 13.2 Å². The molecule has 84 valence electrons. The molecule has 1 N–H and O–H groups in total. The molecule has 4 nitrogen and oxygen atoms in total. The summed E-state index contributed by atoms with van der Waals surface area (Å²) in [5.41, 5.74) is 0. The second kappa shape index (κ2) is 5.68. The van der Waals surface area contributed by atoms with E-state index in [0.717, 1.165) is 25.7 Å². The molecule has 1 saturated carbocycles. The van der Waals surface area contributed by atoms with Crippen molar-refractivity contribution in [3.63, 3.8) is 0 Å². The molecule has 0 aromatic heterocycles. The van der Waals surface area contributed by atoms with Crippen molar-refractivity contribution in [2.24, 2.45) is 0 Å². The van der Waals surface area contributed by atoms with Gasteiger partial charge in [0, 0.05) is 13.7 Å². The highest BCUT2D eigenvalue weighted by Gasteiger charge is 2.26. The molecule has 0 atom stereocenters. The Morgan fingerprint density at radius 3 is 2.50 bits per heavy atom. The third kappa shape index (κ3) is 3.55. The predicted molar refractivity (Wildman–Crippen MR) is 55.7 cm³/mol. The van der Waals surface area contributed by atoms with Crippen molar-refractivity contribution in [2.75, 3.05) is 20.3 Å². The van der Waals surface area contributed by atoms with E-state index >= 15 is 0 Å². The molecule has 1 fully saturated rings. The summed E-state index contributed by atoms with van der Waals surface area (Å²) in [6.07, 6.45) is 4.86. The van der Waals surface area contributed by atoms with Crippen LogP contribution in [0.25, 0.3) is 0 Å². The van der Waals surface area contributed by atoms with Gasteiger partial charge in [0.05, 0.1) is 11.9 Å². The standard InChI is InChI=1S/C9H19NO3S/c1-13-8-7-10-14(11,12)9-5-3-2-4-6-9/h9-10H,2-8H2,1H3. The molecule has 0 spiro atoms. The summed E-state index contributed by atoms with van der Waals surface area (Å²) in [5.74, 6) is 0. The summed E-state index contributed by atoms with van der Waals surface area (Å²) in [6.45, 7) is 0.821. The van der Waals surface area contributed by atoms with Gasteiger partial charge in [0.15, 0.2) is 0 Å². The minimum atomic E-state index is -3.09. The normalized spacial score (nSPS) is 19.8. The number of ether oxygens (including phenoxy) is 1. The molecule has 1 aliphatic rings. The lowest BCUT2D eigenvalue weighted by Gasteiger charge is -2.21. The monoisotopic (exact) mass is 221 g/mol. The lowest BCUT2D eigenvalue weighted by Crippen LogP contribution is -2.37. The molecule has 14 heavy (non-hydrogen) atoms. The molecule has 5 heteroatoms. The maximum absolute atomic E-state index is 11.7. The highest BCUT2D eigenvalue weighted by molar-refractivity contribution is 7.90. The summed E-state index contributed by atoms with van der Waals surface area (Å²) < 4.78 is 30.8. The Hall–Kier alpha value is -0.130. The van der Waals surface area contributed by atoms with Crippen LogP contribution in [0.1, 0.15) is 32.1 Å². The van der Waals surface area contributed by atoms with Gasteiger partial charge < -0.3 is 4.74 Å². The summed E-state index contributed by atoms with van der Waals surface area (Å²) in [4.78, 5) is 0. The molecular weight excluding hydrogens is 202 g/mol. The number of nitrogens with one attached hydrogen (secondary N) is 1. The minimum absolute atomic E-state index is 0.173. The van der Waals surface area contributed by atoms with Crippen LogP contribution >= 0.6 is 0 Å². The van der Waals surface area contributed by atoms with Crippen LogP contribution < -0.4 is 4.72 Å². The van der Waals surface area contributed by atoms with E-state index in [1.807, 2.05) is 0 Å². The minimum Gasteiger partial charge on any atom is -0.383 e. The van der Waals surface area contributed by atoms with Crippen molar-refractivity contribution in [3.05, 3.63) is 0 Å². The number of methoxy groups -OCH3 is 1. The van der Waals surface area contributed by atoms with E-state index in [1.54, 1.807) is 7.11 Å². The van der Waals surface area contributed by atoms with Crippen LogP contribution in [0.4, 0.5) is 0 Å². The Balaban J connectivity index is 2.38. The highest BCUT2D eigenvalue weighted by atomic mass is 32.2. The van der Waals surface area contributed by atoms with Crippen LogP contribution in [0.2, 0.25) is 0 Å². The molecule has 0 radical (unpaired) electrons. The van der Waals surface area contributed by atoms with Gasteiger partial charge in [-0.05, 0) is 12.8 Å². The number of hydrogen-bond donors (Lipinski definition) is 1. The predicted octanol–water partition coefficient (Wildman–Crippen LogP) is 0.885. The van der Waals surface area contributed by atoms with E-state index in [4.69, 9.17) is 4.74 Å². The molecule has 0 aromatic rings. The first kappa shape index (κ1) is 11.9. The van der Waals surface area contributed by atoms with Crippen molar-refractivity contribution in [2.45, 2.75) is 37.4 Å². The zero-order chi connectivity index (χ0) is 10.4. The molecule has 0 amide bonds. The quantitative estimate of drug-likeness (QED) is 0.701. The fourth-order valence-electron chi connectivity index (χ4n) is 1.78. The highest BCUT2D eigenvalue weighted by Crippen LogP contribution is 2.22. The van der Waals surface area contributed by atoms with E-state index in [9.17, 15) is 8.42 Å². The molecule has 0 aromatic carbocycles. The van der Waals surface area contributed by atoms with Crippen LogP contribution in [-0.4, -0.2) is 33.9 Å². The Kier molecular flexibility index (Phi) is 4.84. The van der Waals surface area contributed by atoms with Crippen LogP contribution in [0.3, 0.4) is 0 Å². The van der Waals surface area contributed by atoms with Gasteiger partial charge in [0.2, 0.25) is 10.0 Å². The second-order valence-corrected chi connectivity index (χ2v) is 5.74. The van der Waals surface area contributed by atoms with Gasteiger partial charge in [0.25, 0.3) is 0 Å².